The molecule has 0 heterocycles. The van der Waals surface area contributed by atoms with Crippen LogP contribution in [0.5, 0.6) is 11.5 Å². The van der Waals surface area contributed by atoms with Crippen LogP contribution in [-0.4, -0.2) is 37.9 Å². The van der Waals surface area contributed by atoms with Crippen LogP contribution in [0, 0.1) is 0 Å². The Morgan fingerprint density at radius 1 is 0.962 bits per heavy atom. The zero-order valence-corrected chi connectivity index (χ0v) is 16.7. The molecule has 0 saturated carbocycles. The molecule has 0 aliphatic carbocycles. The van der Waals surface area contributed by atoms with Crippen molar-refractivity contribution in [3.05, 3.63) is 70.8 Å². The second kappa shape index (κ2) is 14.8. The van der Waals surface area contributed by atoms with Crippen LogP contribution in [0.2, 0.25) is 0 Å². The second-order valence-electron chi connectivity index (χ2n) is 4.41. The number of hydrogen-bond donors (Lipinski definition) is 1. The summed E-state index contributed by atoms with van der Waals surface area (Å²) in [6, 6.07) is 17.8. The summed E-state index contributed by atoms with van der Waals surface area (Å²) in [7, 11) is 2.66. The van der Waals surface area contributed by atoms with E-state index < -0.39 is 0 Å². The first kappa shape index (κ1) is 23.4. The number of hydrogen-bond acceptors (Lipinski definition) is 6. The molecule has 2 aromatic carbocycles. The first-order valence-electron chi connectivity index (χ1n) is 7.32. The van der Waals surface area contributed by atoms with Crippen molar-refractivity contribution in [1.82, 2.24) is 0 Å². The first-order chi connectivity index (χ1) is 12.4. The highest BCUT2D eigenvalue weighted by Crippen LogP contribution is 2.07. The van der Waals surface area contributed by atoms with Gasteiger partial charge in [0, 0.05) is 0 Å². The molecule has 0 amide bonds. The van der Waals surface area contributed by atoms with E-state index >= 15 is 0 Å². The fourth-order valence-corrected chi connectivity index (χ4v) is 1.48. The minimum Gasteiger partial charge on any atom is -0.508 e. The summed E-state index contributed by atoms with van der Waals surface area (Å²) in [4.78, 5) is 20.8. The molecule has 2 rings (SSSR count). The lowest BCUT2D eigenvalue weighted by Gasteiger charge is -2.02. The highest BCUT2D eigenvalue weighted by Gasteiger charge is 1.99. The van der Waals surface area contributed by atoms with Crippen molar-refractivity contribution in [1.29, 1.82) is 0 Å². The molecule has 0 aliphatic heterocycles. The van der Waals surface area contributed by atoms with Crippen LogP contribution in [-0.2, 0) is 19.1 Å². The summed E-state index contributed by atoms with van der Waals surface area (Å²) in [5.74, 6) is 0.254. The third kappa shape index (κ3) is 12.8. The van der Waals surface area contributed by atoms with Gasteiger partial charge >= 0.3 is 11.9 Å². The van der Waals surface area contributed by atoms with Crippen molar-refractivity contribution in [2.24, 2.45) is 0 Å². The van der Waals surface area contributed by atoms with E-state index in [-0.39, 0.29) is 18.5 Å². The van der Waals surface area contributed by atoms with E-state index in [1.807, 2.05) is 24.3 Å². The Hall–Kier alpha value is -2.55. The molecule has 26 heavy (non-hydrogen) atoms. The van der Waals surface area contributed by atoms with E-state index in [1.165, 1.54) is 14.2 Å². The third-order valence-corrected chi connectivity index (χ3v) is 2.93. The van der Waals surface area contributed by atoms with Gasteiger partial charge in [-0.25, -0.2) is 9.59 Å². The fourth-order valence-electron chi connectivity index (χ4n) is 1.26. The quantitative estimate of drug-likeness (QED) is 0.415. The number of esters is 2. The van der Waals surface area contributed by atoms with Gasteiger partial charge in [0.05, 0.1) is 17.8 Å². The van der Waals surface area contributed by atoms with Crippen molar-refractivity contribution >= 4 is 34.5 Å². The average Bonchev–Trinajstić information content (AvgIpc) is 2.67. The van der Waals surface area contributed by atoms with Gasteiger partial charge in [-0.3, -0.25) is 0 Å². The maximum atomic E-state index is 10.6. The van der Waals surface area contributed by atoms with Crippen molar-refractivity contribution in [3.8, 4) is 11.5 Å². The Labute approximate surface area is 166 Å². The minimum absolute atomic E-state index is 0.0412. The number of methoxy groups -OCH3 is 2. The van der Waals surface area contributed by atoms with E-state index in [0.29, 0.717) is 15.1 Å². The summed E-state index contributed by atoms with van der Waals surface area (Å²) in [6.45, 7) is 3.30. The highest BCUT2D eigenvalue weighted by atomic mass is 127. The van der Waals surface area contributed by atoms with Gasteiger partial charge in [0.1, 0.15) is 11.5 Å². The Kier molecular flexibility index (Phi) is 13.3. The Bertz CT molecular complexity index is 658. The Morgan fingerprint density at radius 3 is 1.77 bits per heavy atom. The van der Waals surface area contributed by atoms with E-state index in [9.17, 15) is 9.59 Å². The number of carbonyl (C=O) groups is 2. The first-order valence-corrected chi connectivity index (χ1v) is 8.40. The standard InChI is InChI=1S/C9H10O3.C6H6O.C4H5IO2/c1-11-9(10)7-12-8-5-3-2-4-6-8;7-6-4-2-1-3-5-6;1-3(5)4(6)7-2/h2-6H,7H2,1H3;1-5,7H;1H2,2H3. The number of rotatable bonds is 4. The molecule has 0 aliphatic rings. The number of benzene rings is 2. The number of halogens is 1. The van der Waals surface area contributed by atoms with Gasteiger partial charge in [0.2, 0.25) is 0 Å². The Balaban J connectivity index is 0.000000385. The summed E-state index contributed by atoms with van der Waals surface area (Å²) < 4.78 is 14.2. The SMILES string of the molecule is C=C(I)C(=O)OC.COC(=O)COc1ccccc1.Oc1ccccc1. The van der Waals surface area contributed by atoms with Gasteiger partial charge in [0.15, 0.2) is 6.61 Å². The zero-order valence-electron chi connectivity index (χ0n) is 14.6. The van der Waals surface area contributed by atoms with Crippen molar-refractivity contribution in [3.63, 3.8) is 0 Å². The number of phenols is 1. The lowest BCUT2D eigenvalue weighted by Crippen LogP contribution is -2.12. The van der Waals surface area contributed by atoms with Crippen LogP contribution >= 0.6 is 22.6 Å². The molecule has 0 spiro atoms. The van der Waals surface area contributed by atoms with Crippen molar-refractivity contribution < 1.29 is 28.9 Å². The molecule has 0 unspecified atom stereocenters. The van der Waals surface area contributed by atoms with Crippen LogP contribution in [0.4, 0.5) is 0 Å². The van der Waals surface area contributed by atoms with Crippen LogP contribution in [0.1, 0.15) is 0 Å². The predicted molar refractivity (Wildman–Crippen MR) is 107 cm³/mol. The largest absolute Gasteiger partial charge is 0.508 e. The van der Waals surface area contributed by atoms with Crippen LogP contribution in [0.3, 0.4) is 0 Å². The number of para-hydroxylation sites is 2. The molecular formula is C19H21IO6. The molecule has 0 atom stereocenters. The lowest BCUT2D eigenvalue weighted by molar-refractivity contribution is -0.143. The smallest absolute Gasteiger partial charge is 0.343 e. The summed E-state index contributed by atoms with van der Waals surface area (Å²) in [6.07, 6.45) is 0. The van der Waals surface area contributed by atoms with Crippen LogP contribution in [0.25, 0.3) is 0 Å². The van der Waals surface area contributed by atoms with E-state index in [1.54, 1.807) is 59.0 Å². The normalized spacial score (nSPS) is 8.58. The van der Waals surface area contributed by atoms with Crippen molar-refractivity contribution in [2.75, 3.05) is 20.8 Å². The zero-order chi connectivity index (χ0) is 19.8. The van der Waals surface area contributed by atoms with E-state index in [0.717, 1.165) is 0 Å². The van der Waals surface area contributed by atoms with Gasteiger partial charge in [-0.15, -0.1) is 0 Å². The summed E-state index contributed by atoms with van der Waals surface area (Å²) >= 11 is 1.80. The fraction of sp³-hybridized carbons (Fsp3) is 0.158. The van der Waals surface area contributed by atoms with Gasteiger partial charge in [0.25, 0.3) is 0 Å². The molecule has 140 valence electrons. The van der Waals surface area contributed by atoms with Gasteiger partial charge in [-0.05, 0) is 46.9 Å². The number of phenolic OH excluding ortho intramolecular Hbond substituents is 1. The lowest BCUT2D eigenvalue weighted by atomic mass is 10.3. The molecule has 7 heteroatoms. The monoisotopic (exact) mass is 472 g/mol. The maximum Gasteiger partial charge on any atom is 0.343 e. The molecule has 0 fully saturated rings. The number of carbonyl (C=O) groups excluding carboxylic acids is 2. The molecular weight excluding hydrogens is 451 g/mol. The minimum atomic E-state index is -0.376. The molecule has 0 radical (unpaired) electrons. The summed E-state index contributed by atoms with van der Waals surface area (Å²) in [5.41, 5.74) is 0. The number of aromatic hydroxyl groups is 1. The maximum absolute atomic E-state index is 10.6. The van der Waals surface area contributed by atoms with Gasteiger partial charge in [-0.1, -0.05) is 43.0 Å². The Morgan fingerprint density at radius 2 is 1.46 bits per heavy atom. The molecule has 0 saturated heterocycles. The van der Waals surface area contributed by atoms with E-state index in [4.69, 9.17) is 9.84 Å². The van der Waals surface area contributed by atoms with Gasteiger partial charge in [-0.2, -0.15) is 0 Å². The third-order valence-electron chi connectivity index (χ3n) is 2.49. The molecule has 2 aromatic rings. The molecule has 0 bridgehead atoms. The number of ether oxygens (including phenoxy) is 3. The molecule has 0 aromatic heterocycles. The van der Waals surface area contributed by atoms with Crippen molar-refractivity contribution in [2.45, 2.75) is 0 Å². The van der Waals surface area contributed by atoms with Gasteiger partial charge < -0.3 is 19.3 Å². The topological polar surface area (TPSA) is 82.1 Å². The average molecular weight is 472 g/mol. The van der Waals surface area contributed by atoms with E-state index in [2.05, 4.69) is 16.1 Å². The molecule has 1 N–H and O–H groups in total. The van der Waals surface area contributed by atoms with Crippen LogP contribution in [0.15, 0.2) is 70.8 Å². The second-order valence-corrected chi connectivity index (χ2v) is 5.71. The van der Waals surface area contributed by atoms with Crippen LogP contribution < -0.4 is 4.74 Å². The predicted octanol–water partition coefficient (Wildman–Crippen LogP) is 3.74. The highest BCUT2D eigenvalue weighted by molar-refractivity contribution is 14.1. The molecule has 6 nitrogen and oxygen atoms in total. The summed E-state index contributed by atoms with van der Waals surface area (Å²) in [5, 5.41) is 8.63.